The smallest absolute Gasteiger partial charge is 0.410 e. The minimum atomic E-state index is -0.442. The lowest BCUT2D eigenvalue weighted by Gasteiger charge is -2.34. The van der Waals surface area contributed by atoms with Gasteiger partial charge >= 0.3 is 6.09 Å². The number of aromatic hydroxyl groups is 1. The SMILES string of the molecule is O=C(OCc1ccccc1)N(CCc1ccc(O)c2[nH]c(=O)ccc12)CCN(C(=O)CCNCCc1cccc(Br)c1)C1CCCCCC1. The Kier molecular flexibility index (Phi) is 13.7. The molecule has 1 saturated carbocycles. The van der Waals surface area contributed by atoms with E-state index in [-0.39, 0.29) is 29.9 Å². The first kappa shape index (κ1) is 36.1. The summed E-state index contributed by atoms with van der Waals surface area (Å²) in [5.41, 5.74) is 3.09. The van der Waals surface area contributed by atoms with Crippen LogP contribution in [0.2, 0.25) is 0 Å². The van der Waals surface area contributed by atoms with Crippen LogP contribution in [0.4, 0.5) is 4.79 Å². The number of aromatic amines is 1. The molecule has 49 heavy (non-hydrogen) atoms. The first-order valence-corrected chi connectivity index (χ1v) is 18.2. The molecular weight excluding hydrogens is 684 g/mol. The summed E-state index contributed by atoms with van der Waals surface area (Å²) >= 11 is 3.53. The molecule has 0 atom stereocenters. The van der Waals surface area contributed by atoms with Gasteiger partial charge in [-0.25, -0.2) is 4.79 Å². The number of phenolic OH excluding ortho intramolecular Hbond substituents is 1. The Morgan fingerprint density at radius 3 is 2.41 bits per heavy atom. The third kappa shape index (κ3) is 10.9. The van der Waals surface area contributed by atoms with Crippen molar-refractivity contribution in [2.75, 3.05) is 32.7 Å². The normalized spacial score (nSPS) is 13.6. The van der Waals surface area contributed by atoms with Crippen LogP contribution in [0.5, 0.6) is 5.75 Å². The van der Waals surface area contributed by atoms with Crippen LogP contribution in [0.25, 0.3) is 10.9 Å². The molecule has 9 nitrogen and oxygen atoms in total. The van der Waals surface area contributed by atoms with E-state index >= 15 is 0 Å². The number of hydrogen-bond acceptors (Lipinski definition) is 6. The van der Waals surface area contributed by atoms with Gasteiger partial charge in [-0.15, -0.1) is 0 Å². The maximum atomic E-state index is 13.8. The average Bonchev–Trinajstić information content (AvgIpc) is 3.39. The highest BCUT2D eigenvalue weighted by atomic mass is 79.9. The number of nitrogens with zero attached hydrogens (tertiary/aromatic N) is 2. The number of ether oxygens (including phenoxy) is 1. The molecule has 3 N–H and O–H groups in total. The monoisotopic (exact) mass is 730 g/mol. The maximum absolute atomic E-state index is 13.8. The van der Waals surface area contributed by atoms with Gasteiger partial charge in [0.1, 0.15) is 12.4 Å². The van der Waals surface area contributed by atoms with Crippen LogP contribution in [0, 0.1) is 0 Å². The number of amides is 2. The summed E-state index contributed by atoms with van der Waals surface area (Å²) in [6.45, 7) is 2.63. The number of nitrogens with one attached hydrogen (secondary N) is 2. The van der Waals surface area contributed by atoms with Gasteiger partial charge in [-0.1, -0.05) is 90.1 Å². The zero-order chi connectivity index (χ0) is 34.4. The molecule has 0 aliphatic heterocycles. The molecule has 1 aliphatic carbocycles. The van der Waals surface area contributed by atoms with E-state index < -0.39 is 6.09 Å². The number of carbonyl (C=O) groups excluding carboxylic acids is 2. The van der Waals surface area contributed by atoms with Crippen molar-refractivity contribution in [1.29, 1.82) is 0 Å². The first-order valence-electron chi connectivity index (χ1n) is 17.4. The van der Waals surface area contributed by atoms with Crippen molar-refractivity contribution in [3.05, 3.63) is 110 Å². The van der Waals surface area contributed by atoms with Gasteiger partial charge in [0.15, 0.2) is 0 Å². The number of aromatic nitrogens is 1. The molecule has 4 aromatic rings. The van der Waals surface area contributed by atoms with Gasteiger partial charge in [-0.05, 0) is 73.2 Å². The highest BCUT2D eigenvalue weighted by molar-refractivity contribution is 9.10. The molecule has 1 aliphatic rings. The van der Waals surface area contributed by atoms with Crippen LogP contribution >= 0.6 is 15.9 Å². The van der Waals surface area contributed by atoms with Gasteiger partial charge in [0.25, 0.3) is 0 Å². The topological polar surface area (TPSA) is 115 Å². The van der Waals surface area contributed by atoms with Gasteiger partial charge in [0.2, 0.25) is 11.5 Å². The van der Waals surface area contributed by atoms with Gasteiger partial charge in [0.05, 0.1) is 5.52 Å². The van der Waals surface area contributed by atoms with Crippen LogP contribution in [0.1, 0.15) is 61.6 Å². The van der Waals surface area contributed by atoms with Crippen molar-refractivity contribution in [2.45, 2.75) is 70.4 Å². The van der Waals surface area contributed by atoms with Crippen LogP contribution < -0.4 is 10.9 Å². The Balaban J connectivity index is 1.26. The maximum Gasteiger partial charge on any atom is 0.410 e. The molecule has 3 aromatic carbocycles. The molecule has 0 saturated heterocycles. The molecule has 0 unspecified atom stereocenters. The Morgan fingerprint density at radius 1 is 0.857 bits per heavy atom. The number of carbonyl (C=O) groups is 2. The molecule has 1 heterocycles. The molecule has 1 aromatic heterocycles. The fourth-order valence-corrected chi connectivity index (χ4v) is 7.02. The lowest BCUT2D eigenvalue weighted by Crippen LogP contribution is -2.47. The number of fused-ring (bicyclic) bond motifs is 1. The predicted octanol–water partition coefficient (Wildman–Crippen LogP) is 6.95. The predicted molar refractivity (Wildman–Crippen MR) is 197 cm³/mol. The molecule has 0 spiro atoms. The lowest BCUT2D eigenvalue weighted by atomic mass is 10.0. The van der Waals surface area contributed by atoms with Crippen molar-refractivity contribution in [3.63, 3.8) is 0 Å². The third-order valence-electron chi connectivity index (χ3n) is 9.27. The molecule has 2 amide bonds. The standard InChI is InChI=1S/C39H47BrN4O5/c40-32-12-8-11-29(27-32)19-22-41-23-20-37(47)44(33-13-6-1-2-7-14-33)26-25-43(39(48)49-28-30-9-4-3-5-10-30)24-21-31-15-17-35(45)38-34(31)16-18-36(46)42-38/h3-5,8-12,15-18,27,33,41,45H,1-2,6-7,13-14,19-26,28H2,(H,42,46). The van der Waals surface area contributed by atoms with E-state index in [0.29, 0.717) is 44.5 Å². The second-order valence-electron chi connectivity index (χ2n) is 12.7. The fourth-order valence-electron chi connectivity index (χ4n) is 6.57. The number of hydrogen-bond donors (Lipinski definition) is 3. The van der Waals surface area contributed by atoms with E-state index in [1.807, 2.05) is 53.4 Å². The fraction of sp³-hybridized carbons (Fsp3) is 0.410. The van der Waals surface area contributed by atoms with Gasteiger partial charge < -0.3 is 29.9 Å². The number of phenols is 1. The van der Waals surface area contributed by atoms with Crippen molar-refractivity contribution >= 4 is 38.8 Å². The number of pyridine rings is 1. The molecule has 5 rings (SSSR count). The number of benzene rings is 3. The Morgan fingerprint density at radius 2 is 1.63 bits per heavy atom. The van der Waals surface area contributed by atoms with E-state index in [4.69, 9.17) is 4.74 Å². The summed E-state index contributed by atoms with van der Waals surface area (Å²) in [6, 6.07) is 24.5. The first-order chi connectivity index (χ1) is 23.9. The number of halogens is 1. The third-order valence-corrected chi connectivity index (χ3v) is 9.76. The minimum Gasteiger partial charge on any atom is -0.506 e. The van der Waals surface area contributed by atoms with Crippen LogP contribution in [0.3, 0.4) is 0 Å². The summed E-state index contributed by atoms with van der Waals surface area (Å²) < 4.78 is 6.84. The highest BCUT2D eigenvalue weighted by Gasteiger charge is 2.26. The van der Waals surface area contributed by atoms with Crippen LogP contribution in [0.15, 0.2) is 88.1 Å². The number of H-pyrrole nitrogens is 1. The van der Waals surface area contributed by atoms with Crippen molar-refractivity contribution in [1.82, 2.24) is 20.1 Å². The molecule has 0 bridgehead atoms. The van der Waals surface area contributed by atoms with Crippen LogP contribution in [-0.4, -0.2) is 70.7 Å². The van der Waals surface area contributed by atoms with E-state index in [2.05, 4.69) is 38.4 Å². The summed E-state index contributed by atoms with van der Waals surface area (Å²) in [4.78, 5) is 45.7. The Labute approximate surface area is 296 Å². The van der Waals surface area contributed by atoms with Crippen LogP contribution in [-0.2, 0) is 29.0 Å². The molecule has 260 valence electrons. The van der Waals surface area contributed by atoms with Crippen molar-refractivity contribution in [3.8, 4) is 5.75 Å². The zero-order valence-corrected chi connectivity index (χ0v) is 29.6. The second-order valence-corrected chi connectivity index (χ2v) is 13.7. The Bertz CT molecular complexity index is 1720. The minimum absolute atomic E-state index is 0.00393. The zero-order valence-electron chi connectivity index (χ0n) is 28.0. The summed E-state index contributed by atoms with van der Waals surface area (Å²) in [7, 11) is 0. The summed E-state index contributed by atoms with van der Waals surface area (Å²) in [5, 5.41) is 14.5. The lowest BCUT2D eigenvalue weighted by molar-refractivity contribution is -0.134. The summed E-state index contributed by atoms with van der Waals surface area (Å²) in [6.07, 6.45) is 7.80. The average molecular weight is 732 g/mol. The van der Waals surface area contributed by atoms with E-state index in [9.17, 15) is 19.5 Å². The van der Waals surface area contributed by atoms with Crippen molar-refractivity contribution in [2.24, 2.45) is 0 Å². The van der Waals surface area contributed by atoms with E-state index in [1.165, 1.54) is 24.5 Å². The summed E-state index contributed by atoms with van der Waals surface area (Å²) in [5.74, 6) is 0.101. The van der Waals surface area contributed by atoms with E-state index in [0.717, 1.165) is 59.6 Å². The highest BCUT2D eigenvalue weighted by Crippen LogP contribution is 2.26. The number of rotatable bonds is 15. The largest absolute Gasteiger partial charge is 0.506 e. The van der Waals surface area contributed by atoms with Crippen molar-refractivity contribution < 1.29 is 19.4 Å². The second kappa shape index (κ2) is 18.6. The van der Waals surface area contributed by atoms with Gasteiger partial charge in [0, 0.05) is 54.6 Å². The quantitative estimate of drug-likeness (QED) is 0.0901. The molecule has 0 radical (unpaired) electrons. The molecule has 10 heteroatoms. The molecule has 1 fully saturated rings. The Hall–Kier alpha value is -4.15. The van der Waals surface area contributed by atoms with Gasteiger partial charge in [-0.2, -0.15) is 0 Å². The molecular formula is C39H47BrN4O5. The van der Waals surface area contributed by atoms with Gasteiger partial charge in [-0.3, -0.25) is 9.59 Å². The van der Waals surface area contributed by atoms with E-state index in [1.54, 1.807) is 17.0 Å².